The number of nitrogens with one attached hydrogen (secondary N) is 1. The Labute approximate surface area is 173 Å². The van der Waals surface area contributed by atoms with E-state index in [0.717, 1.165) is 40.4 Å². The van der Waals surface area contributed by atoms with Gasteiger partial charge in [0.15, 0.2) is 0 Å². The van der Waals surface area contributed by atoms with Gasteiger partial charge in [-0.3, -0.25) is 0 Å². The van der Waals surface area contributed by atoms with Crippen molar-refractivity contribution in [3.63, 3.8) is 0 Å². The van der Waals surface area contributed by atoms with E-state index in [1.807, 2.05) is 38.2 Å². The number of fused-ring (bicyclic) bond motifs is 1. The van der Waals surface area contributed by atoms with Gasteiger partial charge in [-0.25, -0.2) is 0 Å². The maximum Gasteiger partial charge on any atom is 0.258 e. The number of aryl methyl sites for hydroxylation is 1. The van der Waals surface area contributed by atoms with Crippen molar-refractivity contribution in [1.29, 1.82) is 0 Å². The number of aliphatic hydroxyl groups excluding tert-OH is 1. The minimum atomic E-state index is 0.0388. The second-order valence-corrected chi connectivity index (χ2v) is 7.51. The van der Waals surface area contributed by atoms with E-state index in [9.17, 15) is 0 Å². The Bertz CT molecular complexity index is 1130. The fraction of sp³-hybridized carbons (Fsp3) is 0.273. The molecule has 0 aliphatic carbocycles. The topological polar surface area (TPSA) is 84.2 Å². The highest BCUT2D eigenvalue weighted by molar-refractivity contribution is 6.32. The molecule has 0 saturated heterocycles. The molecule has 2 N–H and O–H groups in total. The summed E-state index contributed by atoms with van der Waals surface area (Å²) in [6.07, 6.45) is 3.54. The van der Waals surface area contributed by atoms with E-state index >= 15 is 0 Å². The van der Waals surface area contributed by atoms with Gasteiger partial charge in [0.05, 0.1) is 16.6 Å². The lowest BCUT2D eigenvalue weighted by molar-refractivity contribution is 0.242. The summed E-state index contributed by atoms with van der Waals surface area (Å²) in [6, 6.07) is 11.4. The number of para-hydroxylation sites is 1. The van der Waals surface area contributed by atoms with Gasteiger partial charge in [-0.05, 0) is 56.5 Å². The van der Waals surface area contributed by atoms with Gasteiger partial charge < -0.3 is 19.4 Å². The van der Waals surface area contributed by atoms with Crippen LogP contribution in [0.3, 0.4) is 0 Å². The molecule has 7 heteroatoms. The van der Waals surface area contributed by atoms with Crippen LogP contribution in [0.1, 0.15) is 25.8 Å². The molecule has 0 radical (unpaired) electrons. The highest BCUT2D eigenvalue weighted by atomic mass is 35.5. The minimum absolute atomic E-state index is 0.0388. The van der Waals surface area contributed by atoms with Crippen LogP contribution in [0.2, 0.25) is 5.02 Å². The summed E-state index contributed by atoms with van der Waals surface area (Å²) in [5.74, 6) is 1.51. The van der Waals surface area contributed by atoms with E-state index in [4.69, 9.17) is 26.0 Å². The number of aliphatic hydroxyl groups is 1. The predicted octanol–water partition coefficient (Wildman–Crippen LogP) is 5.25. The zero-order chi connectivity index (χ0) is 20.4. The Morgan fingerprint density at radius 3 is 2.86 bits per heavy atom. The molecule has 0 amide bonds. The first-order valence-corrected chi connectivity index (χ1v) is 9.95. The second kappa shape index (κ2) is 8.27. The molecular weight excluding hydrogens is 390 g/mol. The fourth-order valence-electron chi connectivity index (χ4n) is 3.31. The van der Waals surface area contributed by atoms with Crippen LogP contribution >= 0.6 is 11.6 Å². The summed E-state index contributed by atoms with van der Waals surface area (Å²) in [5.41, 5.74) is 3.70. The number of benzene rings is 2. The van der Waals surface area contributed by atoms with Gasteiger partial charge in [0.25, 0.3) is 5.89 Å². The molecule has 0 aliphatic rings. The third kappa shape index (κ3) is 3.99. The number of nitrogens with zero attached hydrogens (tertiary/aromatic N) is 2. The van der Waals surface area contributed by atoms with E-state index in [0.29, 0.717) is 22.5 Å². The van der Waals surface area contributed by atoms with Crippen molar-refractivity contribution in [3.05, 3.63) is 53.2 Å². The zero-order valence-corrected chi connectivity index (χ0v) is 17.0. The number of aromatic nitrogens is 3. The Morgan fingerprint density at radius 1 is 1.24 bits per heavy atom. The summed E-state index contributed by atoms with van der Waals surface area (Å²) in [4.78, 5) is 7.87. The molecule has 2 aromatic heterocycles. The summed E-state index contributed by atoms with van der Waals surface area (Å²) >= 11 is 6.33. The van der Waals surface area contributed by atoms with Crippen LogP contribution in [-0.4, -0.2) is 32.9 Å². The summed E-state index contributed by atoms with van der Waals surface area (Å²) in [6.45, 7) is 4.07. The van der Waals surface area contributed by atoms with Crippen LogP contribution in [0.25, 0.3) is 33.7 Å². The molecule has 0 saturated carbocycles. The Hall–Kier alpha value is -2.83. The quantitative estimate of drug-likeness (QED) is 0.434. The molecule has 4 rings (SSSR count). The van der Waals surface area contributed by atoms with E-state index in [1.54, 1.807) is 12.1 Å². The smallest absolute Gasteiger partial charge is 0.258 e. The predicted molar refractivity (Wildman–Crippen MR) is 113 cm³/mol. The van der Waals surface area contributed by atoms with Crippen LogP contribution in [-0.2, 0) is 6.42 Å². The number of H-pyrrole nitrogens is 1. The molecule has 150 valence electrons. The van der Waals surface area contributed by atoms with Gasteiger partial charge in [-0.2, -0.15) is 4.98 Å². The standard InChI is InChI=1S/C22H22ClN3O3/c1-13(2)28-19-9-8-14(11-18(19)23)22-25-21(26-29-22)17-7-3-6-16-15(5-4-10-27)12-24-20(16)17/h3,6-9,11-13,24,27H,4-5,10H2,1-2H3. The Kier molecular flexibility index (Phi) is 5.56. The SMILES string of the molecule is CC(C)Oc1ccc(-c2nc(-c3cccc4c(CCCO)c[nH]c34)no2)cc1Cl. The third-order valence-electron chi connectivity index (χ3n) is 4.61. The third-order valence-corrected chi connectivity index (χ3v) is 4.91. The summed E-state index contributed by atoms with van der Waals surface area (Å²) in [7, 11) is 0. The van der Waals surface area contributed by atoms with E-state index < -0.39 is 0 Å². The molecule has 6 nitrogen and oxygen atoms in total. The van der Waals surface area contributed by atoms with Crippen molar-refractivity contribution in [2.75, 3.05) is 6.61 Å². The lowest BCUT2D eigenvalue weighted by atomic mass is 10.1. The Balaban J connectivity index is 1.66. The fourth-order valence-corrected chi connectivity index (χ4v) is 3.53. The average Bonchev–Trinajstić information content (AvgIpc) is 3.35. The molecule has 0 unspecified atom stereocenters. The van der Waals surface area contributed by atoms with Crippen molar-refractivity contribution in [2.45, 2.75) is 32.8 Å². The number of hydrogen-bond donors (Lipinski definition) is 2. The van der Waals surface area contributed by atoms with Crippen molar-refractivity contribution in [2.24, 2.45) is 0 Å². The molecule has 0 atom stereocenters. The van der Waals surface area contributed by atoms with Crippen molar-refractivity contribution < 1.29 is 14.4 Å². The highest BCUT2D eigenvalue weighted by Gasteiger charge is 2.16. The van der Waals surface area contributed by atoms with Crippen LogP contribution in [0.4, 0.5) is 0 Å². The lowest BCUT2D eigenvalue weighted by Crippen LogP contribution is -2.05. The minimum Gasteiger partial charge on any atom is -0.489 e. The second-order valence-electron chi connectivity index (χ2n) is 7.10. The van der Waals surface area contributed by atoms with Gasteiger partial charge >= 0.3 is 0 Å². The maximum absolute atomic E-state index is 9.10. The van der Waals surface area contributed by atoms with Crippen molar-refractivity contribution >= 4 is 22.5 Å². The van der Waals surface area contributed by atoms with Crippen LogP contribution in [0, 0.1) is 0 Å². The first kappa shape index (κ1) is 19.5. The van der Waals surface area contributed by atoms with Crippen LogP contribution in [0.15, 0.2) is 47.1 Å². The van der Waals surface area contributed by atoms with Gasteiger partial charge in [-0.15, -0.1) is 0 Å². The molecule has 0 fully saturated rings. The molecule has 2 heterocycles. The molecule has 0 aliphatic heterocycles. The largest absolute Gasteiger partial charge is 0.489 e. The maximum atomic E-state index is 9.10. The molecule has 29 heavy (non-hydrogen) atoms. The normalized spacial score (nSPS) is 11.5. The number of ether oxygens (including phenoxy) is 1. The molecule has 0 spiro atoms. The zero-order valence-electron chi connectivity index (χ0n) is 16.3. The summed E-state index contributed by atoms with van der Waals surface area (Å²) < 4.78 is 11.2. The van der Waals surface area contributed by atoms with Crippen LogP contribution < -0.4 is 4.74 Å². The molecule has 4 aromatic rings. The number of aromatic amines is 1. The number of halogens is 1. The summed E-state index contributed by atoms with van der Waals surface area (Å²) in [5, 5.41) is 14.9. The van der Waals surface area contributed by atoms with E-state index in [-0.39, 0.29) is 12.7 Å². The number of hydrogen-bond acceptors (Lipinski definition) is 5. The average molecular weight is 412 g/mol. The van der Waals surface area contributed by atoms with Crippen molar-refractivity contribution in [1.82, 2.24) is 15.1 Å². The van der Waals surface area contributed by atoms with Gasteiger partial charge in [-0.1, -0.05) is 28.9 Å². The van der Waals surface area contributed by atoms with Gasteiger partial charge in [0.2, 0.25) is 5.82 Å². The first-order valence-electron chi connectivity index (χ1n) is 9.57. The molecular formula is C22H22ClN3O3. The number of rotatable bonds is 7. The lowest BCUT2D eigenvalue weighted by Gasteiger charge is -2.11. The Morgan fingerprint density at radius 2 is 2.10 bits per heavy atom. The molecule has 0 bridgehead atoms. The monoisotopic (exact) mass is 411 g/mol. The van der Waals surface area contributed by atoms with Crippen molar-refractivity contribution in [3.8, 4) is 28.6 Å². The first-order chi connectivity index (χ1) is 14.1. The van der Waals surface area contributed by atoms with Crippen LogP contribution in [0.5, 0.6) is 5.75 Å². The van der Waals surface area contributed by atoms with E-state index in [1.165, 1.54) is 0 Å². The van der Waals surface area contributed by atoms with Gasteiger partial charge in [0, 0.05) is 29.3 Å². The van der Waals surface area contributed by atoms with Gasteiger partial charge in [0.1, 0.15) is 5.75 Å². The molecule has 2 aromatic carbocycles. The highest BCUT2D eigenvalue weighted by Crippen LogP contribution is 2.33. The van der Waals surface area contributed by atoms with E-state index in [2.05, 4.69) is 21.2 Å².